The highest BCUT2D eigenvalue weighted by Gasteiger charge is 2.21. The molecule has 182 valence electrons. The van der Waals surface area contributed by atoms with Crippen LogP contribution in [0.2, 0.25) is 0 Å². The molecular weight excluding hydrogens is 444 g/mol. The van der Waals surface area contributed by atoms with E-state index >= 15 is 0 Å². The Balaban J connectivity index is 1.03. The molecule has 0 aliphatic carbocycles. The van der Waals surface area contributed by atoms with Crippen LogP contribution in [0.15, 0.2) is 72.8 Å². The van der Waals surface area contributed by atoms with E-state index in [0.717, 1.165) is 44.2 Å². The lowest BCUT2D eigenvalue weighted by molar-refractivity contribution is 0.0446. The van der Waals surface area contributed by atoms with Crippen LogP contribution in [-0.2, 0) is 6.54 Å². The molecule has 35 heavy (non-hydrogen) atoms. The summed E-state index contributed by atoms with van der Waals surface area (Å²) in [6.45, 7) is 5.64. The highest BCUT2D eigenvalue weighted by atomic mass is 16.7. The van der Waals surface area contributed by atoms with Crippen LogP contribution < -0.4 is 14.2 Å². The number of benzene rings is 3. The van der Waals surface area contributed by atoms with Gasteiger partial charge in [-0.15, -0.1) is 0 Å². The van der Waals surface area contributed by atoms with E-state index in [1.54, 1.807) is 36.4 Å². The molecule has 1 atom stereocenters. The summed E-state index contributed by atoms with van der Waals surface area (Å²) in [5, 5.41) is 10.5. The normalized spacial score (nSPS) is 16.7. The largest absolute Gasteiger partial charge is 0.491 e. The van der Waals surface area contributed by atoms with Gasteiger partial charge in [-0.3, -0.25) is 14.6 Å². The van der Waals surface area contributed by atoms with E-state index in [1.807, 2.05) is 24.3 Å². The van der Waals surface area contributed by atoms with Crippen molar-refractivity contribution in [1.29, 1.82) is 0 Å². The quantitative estimate of drug-likeness (QED) is 0.478. The lowest BCUT2D eigenvalue weighted by atomic mass is 10.0. The van der Waals surface area contributed by atoms with Crippen LogP contribution in [-0.4, -0.2) is 72.9 Å². The second kappa shape index (κ2) is 10.9. The number of hydrogen-bond acceptors (Lipinski definition) is 7. The standard InChI is InChI=1S/C28H30N2O5/c31-24(19-33-25-9-7-23(8-10-25)28(32)22-4-2-1-3-5-22)18-30-14-12-29(13-15-30)17-21-6-11-26-27(16-21)35-20-34-26/h1-11,16,24,31H,12-15,17-20H2. The number of aliphatic hydroxyl groups is 1. The molecule has 0 bridgehead atoms. The number of fused-ring (bicyclic) bond motifs is 1. The van der Waals surface area contributed by atoms with Gasteiger partial charge in [-0.05, 0) is 42.0 Å². The third-order valence-corrected chi connectivity index (χ3v) is 6.37. The van der Waals surface area contributed by atoms with E-state index in [0.29, 0.717) is 30.2 Å². The fourth-order valence-corrected chi connectivity index (χ4v) is 4.43. The molecule has 1 saturated heterocycles. The average Bonchev–Trinajstić information content (AvgIpc) is 3.37. The van der Waals surface area contributed by atoms with Gasteiger partial charge in [-0.25, -0.2) is 0 Å². The van der Waals surface area contributed by atoms with E-state index in [4.69, 9.17) is 14.2 Å². The molecule has 0 aromatic heterocycles. The summed E-state index contributed by atoms with van der Waals surface area (Å²) in [5.41, 5.74) is 2.49. The van der Waals surface area contributed by atoms with Crippen LogP contribution in [0.3, 0.4) is 0 Å². The molecule has 0 saturated carbocycles. The Bertz CT molecular complexity index is 1130. The van der Waals surface area contributed by atoms with Gasteiger partial charge in [0.05, 0.1) is 0 Å². The Labute approximate surface area is 205 Å². The molecule has 1 N–H and O–H groups in total. The smallest absolute Gasteiger partial charge is 0.231 e. The van der Waals surface area contributed by atoms with Crippen LogP contribution >= 0.6 is 0 Å². The number of ether oxygens (including phenoxy) is 3. The lowest BCUT2D eigenvalue weighted by Gasteiger charge is -2.35. The number of carbonyl (C=O) groups excluding carboxylic acids is 1. The van der Waals surface area contributed by atoms with Crippen molar-refractivity contribution in [3.8, 4) is 17.2 Å². The number of piperazine rings is 1. The monoisotopic (exact) mass is 474 g/mol. The summed E-state index contributed by atoms with van der Waals surface area (Å²) in [5.74, 6) is 2.25. The van der Waals surface area contributed by atoms with E-state index in [-0.39, 0.29) is 12.4 Å². The number of aliphatic hydroxyl groups excluding tert-OH is 1. The van der Waals surface area contributed by atoms with Crippen molar-refractivity contribution in [2.75, 3.05) is 46.1 Å². The molecule has 7 nitrogen and oxygen atoms in total. The first-order valence-electron chi connectivity index (χ1n) is 12.0. The predicted molar refractivity (Wildman–Crippen MR) is 132 cm³/mol. The van der Waals surface area contributed by atoms with Crippen molar-refractivity contribution in [2.45, 2.75) is 12.6 Å². The summed E-state index contributed by atoms with van der Waals surface area (Å²) in [6.07, 6.45) is -0.582. The van der Waals surface area contributed by atoms with E-state index in [2.05, 4.69) is 21.9 Å². The topological polar surface area (TPSA) is 71.5 Å². The summed E-state index contributed by atoms with van der Waals surface area (Å²) in [6, 6.07) is 22.4. The van der Waals surface area contributed by atoms with E-state index < -0.39 is 6.10 Å². The molecule has 0 amide bonds. The van der Waals surface area contributed by atoms with E-state index in [9.17, 15) is 9.90 Å². The number of β-amino-alcohol motifs (C(OH)–C–C–N with tert-alkyl or cyclic N) is 1. The first-order chi connectivity index (χ1) is 17.1. The highest BCUT2D eigenvalue weighted by molar-refractivity contribution is 6.08. The van der Waals surface area contributed by atoms with Gasteiger partial charge in [-0.1, -0.05) is 36.4 Å². The van der Waals surface area contributed by atoms with Crippen molar-refractivity contribution in [3.63, 3.8) is 0 Å². The minimum Gasteiger partial charge on any atom is -0.491 e. The van der Waals surface area contributed by atoms with Gasteiger partial charge in [0, 0.05) is 50.4 Å². The Morgan fingerprint density at radius 1 is 0.857 bits per heavy atom. The van der Waals surface area contributed by atoms with Gasteiger partial charge < -0.3 is 19.3 Å². The summed E-state index contributed by atoms with van der Waals surface area (Å²) >= 11 is 0. The maximum Gasteiger partial charge on any atom is 0.231 e. The average molecular weight is 475 g/mol. The molecule has 1 fully saturated rings. The molecule has 2 aliphatic heterocycles. The zero-order valence-corrected chi connectivity index (χ0v) is 19.6. The maximum atomic E-state index is 12.5. The van der Waals surface area contributed by atoms with Crippen LogP contribution in [0.1, 0.15) is 21.5 Å². The first-order valence-corrected chi connectivity index (χ1v) is 12.0. The zero-order valence-electron chi connectivity index (χ0n) is 19.6. The number of ketones is 1. The van der Waals surface area contributed by atoms with Crippen LogP contribution in [0.25, 0.3) is 0 Å². The Kier molecular flexibility index (Phi) is 7.28. The third-order valence-electron chi connectivity index (χ3n) is 6.37. The number of rotatable bonds is 9. The van der Waals surface area contributed by atoms with Crippen molar-refractivity contribution in [2.24, 2.45) is 0 Å². The van der Waals surface area contributed by atoms with Crippen LogP contribution in [0.4, 0.5) is 0 Å². The van der Waals surface area contributed by atoms with Gasteiger partial charge in [0.1, 0.15) is 18.5 Å². The van der Waals surface area contributed by atoms with Gasteiger partial charge in [-0.2, -0.15) is 0 Å². The molecule has 5 rings (SSSR count). The molecule has 3 aromatic carbocycles. The zero-order chi connectivity index (χ0) is 24.0. The second-order valence-electron chi connectivity index (χ2n) is 8.95. The number of nitrogens with zero attached hydrogens (tertiary/aromatic N) is 2. The van der Waals surface area contributed by atoms with Crippen molar-refractivity contribution in [3.05, 3.63) is 89.5 Å². The Hall–Kier alpha value is -3.39. The van der Waals surface area contributed by atoms with Gasteiger partial charge in [0.15, 0.2) is 17.3 Å². The maximum absolute atomic E-state index is 12.5. The van der Waals surface area contributed by atoms with Crippen molar-refractivity contribution >= 4 is 5.78 Å². The summed E-state index contributed by atoms with van der Waals surface area (Å²) in [7, 11) is 0. The molecule has 2 heterocycles. The summed E-state index contributed by atoms with van der Waals surface area (Å²) < 4.78 is 16.6. The summed E-state index contributed by atoms with van der Waals surface area (Å²) in [4.78, 5) is 17.2. The second-order valence-corrected chi connectivity index (χ2v) is 8.95. The van der Waals surface area contributed by atoms with Gasteiger partial charge in [0.2, 0.25) is 6.79 Å². The molecule has 7 heteroatoms. The SMILES string of the molecule is O=C(c1ccccc1)c1ccc(OCC(O)CN2CCN(Cc3ccc4c(c3)OCO4)CC2)cc1. The van der Waals surface area contributed by atoms with Crippen molar-refractivity contribution in [1.82, 2.24) is 9.80 Å². The third kappa shape index (κ3) is 6.00. The minimum absolute atomic E-state index is 0.0187. The molecule has 3 aromatic rings. The Morgan fingerprint density at radius 2 is 1.54 bits per heavy atom. The predicted octanol–water partition coefficient (Wildman–Crippen LogP) is 3.20. The molecule has 0 spiro atoms. The fraction of sp³-hybridized carbons (Fsp3) is 0.321. The minimum atomic E-state index is -0.582. The Morgan fingerprint density at radius 3 is 2.31 bits per heavy atom. The van der Waals surface area contributed by atoms with Crippen LogP contribution in [0, 0.1) is 0 Å². The van der Waals surface area contributed by atoms with E-state index in [1.165, 1.54) is 5.56 Å². The van der Waals surface area contributed by atoms with Gasteiger partial charge >= 0.3 is 0 Å². The van der Waals surface area contributed by atoms with Gasteiger partial charge in [0.25, 0.3) is 0 Å². The van der Waals surface area contributed by atoms with Crippen LogP contribution in [0.5, 0.6) is 17.2 Å². The fourth-order valence-electron chi connectivity index (χ4n) is 4.43. The molecule has 1 unspecified atom stereocenters. The number of hydrogen-bond donors (Lipinski definition) is 1. The molecule has 2 aliphatic rings. The number of carbonyl (C=O) groups is 1. The van der Waals surface area contributed by atoms with Crippen molar-refractivity contribution < 1.29 is 24.1 Å². The molecule has 0 radical (unpaired) electrons. The lowest BCUT2D eigenvalue weighted by Crippen LogP contribution is -2.48. The highest BCUT2D eigenvalue weighted by Crippen LogP contribution is 2.32. The molecular formula is C28H30N2O5. The first kappa shape index (κ1) is 23.4.